The summed E-state index contributed by atoms with van der Waals surface area (Å²) in [6, 6.07) is 12.1. The number of rotatable bonds is 5. The normalized spacial score (nSPS) is 12.5. The van der Waals surface area contributed by atoms with Gasteiger partial charge in [-0.05, 0) is 37.2 Å². The van der Waals surface area contributed by atoms with Crippen LogP contribution < -0.4 is 10.1 Å². The molecule has 0 aliphatic carbocycles. The molecule has 0 bridgehead atoms. The van der Waals surface area contributed by atoms with Crippen LogP contribution in [0.4, 0.5) is 8.78 Å². The van der Waals surface area contributed by atoms with Crippen molar-refractivity contribution in [2.45, 2.75) is 19.6 Å². The highest BCUT2D eigenvalue weighted by Gasteiger charge is 2.19. The van der Waals surface area contributed by atoms with Crippen LogP contribution in [0.15, 0.2) is 42.5 Å². The molecular formula is C16H16ClF2NO. The van der Waals surface area contributed by atoms with Crippen LogP contribution in [0.5, 0.6) is 5.75 Å². The molecule has 2 nitrogen and oxygen atoms in total. The Hall–Kier alpha value is -1.65. The molecule has 0 amide bonds. The zero-order chi connectivity index (χ0) is 15.4. The maximum atomic E-state index is 12.5. The molecule has 0 radical (unpaired) electrons. The SMILES string of the molecule is CNC(c1ccc(C)c(Cl)c1)c1ccccc1OC(F)F. The minimum Gasteiger partial charge on any atom is -0.434 e. The van der Waals surface area contributed by atoms with E-state index in [1.807, 2.05) is 25.1 Å². The Morgan fingerprint density at radius 3 is 2.48 bits per heavy atom. The van der Waals surface area contributed by atoms with E-state index >= 15 is 0 Å². The maximum Gasteiger partial charge on any atom is 0.387 e. The third-order valence-electron chi connectivity index (χ3n) is 3.26. The molecule has 0 spiro atoms. The van der Waals surface area contributed by atoms with E-state index in [2.05, 4.69) is 10.1 Å². The summed E-state index contributed by atoms with van der Waals surface area (Å²) < 4.78 is 29.6. The molecule has 1 unspecified atom stereocenters. The lowest BCUT2D eigenvalue weighted by molar-refractivity contribution is -0.0506. The van der Waals surface area contributed by atoms with Gasteiger partial charge in [0, 0.05) is 10.6 Å². The molecule has 2 aromatic rings. The van der Waals surface area contributed by atoms with Crippen molar-refractivity contribution in [1.29, 1.82) is 0 Å². The zero-order valence-electron chi connectivity index (χ0n) is 11.7. The number of aryl methyl sites for hydroxylation is 1. The minimum absolute atomic E-state index is 0.156. The smallest absolute Gasteiger partial charge is 0.387 e. The predicted molar refractivity (Wildman–Crippen MR) is 80.2 cm³/mol. The van der Waals surface area contributed by atoms with Crippen LogP contribution in [0.2, 0.25) is 5.02 Å². The van der Waals surface area contributed by atoms with Crippen molar-refractivity contribution in [1.82, 2.24) is 5.32 Å². The van der Waals surface area contributed by atoms with Gasteiger partial charge in [0.1, 0.15) is 5.75 Å². The first kappa shape index (κ1) is 15.7. The molecular weight excluding hydrogens is 296 g/mol. The number of halogens is 3. The van der Waals surface area contributed by atoms with Crippen LogP contribution in [-0.4, -0.2) is 13.7 Å². The number of ether oxygens (including phenoxy) is 1. The monoisotopic (exact) mass is 311 g/mol. The van der Waals surface area contributed by atoms with E-state index in [1.165, 1.54) is 6.07 Å². The lowest BCUT2D eigenvalue weighted by Crippen LogP contribution is -2.19. The van der Waals surface area contributed by atoms with E-state index in [9.17, 15) is 8.78 Å². The molecule has 5 heteroatoms. The Balaban J connectivity index is 2.43. The van der Waals surface area contributed by atoms with Crippen LogP contribution >= 0.6 is 11.6 Å². The van der Waals surface area contributed by atoms with Gasteiger partial charge < -0.3 is 10.1 Å². The Labute approximate surface area is 127 Å². The van der Waals surface area contributed by atoms with Gasteiger partial charge in [-0.2, -0.15) is 8.78 Å². The lowest BCUT2D eigenvalue weighted by Gasteiger charge is -2.21. The van der Waals surface area contributed by atoms with Crippen LogP contribution in [0, 0.1) is 6.92 Å². The topological polar surface area (TPSA) is 21.3 Å². The van der Waals surface area contributed by atoms with Gasteiger partial charge in [0.25, 0.3) is 0 Å². The summed E-state index contributed by atoms with van der Waals surface area (Å²) in [6.07, 6.45) is 0. The molecule has 1 N–H and O–H groups in total. The maximum absolute atomic E-state index is 12.5. The summed E-state index contributed by atoms with van der Waals surface area (Å²) in [7, 11) is 1.76. The molecule has 112 valence electrons. The van der Waals surface area contributed by atoms with Gasteiger partial charge in [-0.1, -0.05) is 41.9 Å². The van der Waals surface area contributed by atoms with Gasteiger partial charge in [-0.3, -0.25) is 0 Å². The summed E-state index contributed by atoms with van der Waals surface area (Å²) in [5.41, 5.74) is 2.49. The number of para-hydroxylation sites is 1. The summed E-state index contributed by atoms with van der Waals surface area (Å²) in [6.45, 7) is -0.945. The van der Waals surface area contributed by atoms with E-state index in [0.29, 0.717) is 10.6 Å². The Morgan fingerprint density at radius 1 is 1.14 bits per heavy atom. The second kappa shape index (κ2) is 6.87. The van der Waals surface area contributed by atoms with Gasteiger partial charge in [-0.25, -0.2) is 0 Å². The minimum atomic E-state index is -2.86. The first-order chi connectivity index (χ1) is 10.0. The quantitative estimate of drug-likeness (QED) is 0.874. The lowest BCUT2D eigenvalue weighted by atomic mass is 9.97. The van der Waals surface area contributed by atoms with E-state index in [-0.39, 0.29) is 11.8 Å². The van der Waals surface area contributed by atoms with E-state index in [0.717, 1.165) is 11.1 Å². The highest BCUT2D eigenvalue weighted by atomic mass is 35.5. The van der Waals surface area contributed by atoms with Crippen LogP contribution in [0.3, 0.4) is 0 Å². The first-order valence-corrected chi connectivity index (χ1v) is 6.87. The highest BCUT2D eigenvalue weighted by molar-refractivity contribution is 6.31. The van der Waals surface area contributed by atoms with Crippen LogP contribution in [0.25, 0.3) is 0 Å². The van der Waals surface area contributed by atoms with Gasteiger partial charge in [0.2, 0.25) is 0 Å². The second-order valence-corrected chi connectivity index (χ2v) is 5.05. The third-order valence-corrected chi connectivity index (χ3v) is 3.67. The fraction of sp³-hybridized carbons (Fsp3) is 0.250. The standard InChI is InChI=1S/C16H16ClF2NO/c1-10-7-8-11(9-13(10)17)15(20-2)12-5-3-4-6-14(12)21-16(18)19/h3-9,15-16,20H,1-2H3. The molecule has 0 aromatic heterocycles. The molecule has 0 saturated carbocycles. The number of hydrogen-bond acceptors (Lipinski definition) is 2. The molecule has 0 heterocycles. The van der Waals surface area contributed by atoms with Crippen LogP contribution in [0.1, 0.15) is 22.7 Å². The summed E-state index contributed by atoms with van der Waals surface area (Å²) >= 11 is 6.15. The van der Waals surface area contributed by atoms with Crippen molar-refractivity contribution in [2.24, 2.45) is 0 Å². The summed E-state index contributed by atoms with van der Waals surface area (Å²) in [4.78, 5) is 0. The summed E-state index contributed by atoms with van der Waals surface area (Å²) in [5, 5.41) is 3.75. The van der Waals surface area contributed by atoms with Crippen molar-refractivity contribution < 1.29 is 13.5 Å². The average Bonchev–Trinajstić information content (AvgIpc) is 2.44. The number of benzene rings is 2. The van der Waals surface area contributed by atoms with Crippen molar-refractivity contribution in [3.63, 3.8) is 0 Å². The zero-order valence-corrected chi connectivity index (χ0v) is 12.5. The van der Waals surface area contributed by atoms with E-state index in [4.69, 9.17) is 11.6 Å². The fourth-order valence-electron chi connectivity index (χ4n) is 2.21. The van der Waals surface area contributed by atoms with Gasteiger partial charge in [0.05, 0.1) is 6.04 Å². The molecule has 0 fully saturated rings. The summed E-state index contributed by atoms with van der Waals surface area (Å²) in [5.74, 6) is 0.156. The molecule has 0 saturated heterocycles. The second-order valence-electron chi connectivity index (χ2n) is 4.65. The van der Waals surface area contributed by atoms with Crippen molar-refractivity contribution in [3.8, 4) is 5.75 Å². The molecule has 21 heavy (non-hydrogen) atoms. The number of alkyl halides is 2. The van der Waals surface area contributed by atoms with Gasteiger partial charge in [0.15, 0.2) is 0 Å². The molecule has 2 rings (SSSR count). The number of hydrogen-bond donors (Lipinski definition) is 1. The molecule has 0 aliphatic rings. The average molecular weight is 312 g/mol. The van der Waals surface area contributed by atoms with Crippen molar-refractivity contribution in [3.05, 3.63) is 64.2 Å². The van der Waals surface area contributed by atoms with Crippen molar-refractivity contribution >= 4 is 11.6 Å². The van der Waals surface area contributed by atoms with Crippen LogP contribution in [-0.2, 0) is 0 Å². The Morgan fingerprint density at radius 2 is 1.86 bits per heavy atom. The van der Waals surface area contributed by atoms with Gasteiger partial charge in [-0.15, -0.1) is 0 Å². The van der Waals surface area contributed by atoms with Gasteiger partial charge >= 0.3 is 6.61 Å². The largest absolute Gasteiger partial charge is 0.434 e. The molecule has 1 atom stereocenters. The first-order valence-electron chi connectivity index (χ1n) is 6.50. The highest BCUT2D eigenvalue weighted by Crippen LogP contribution is 2.32. The fourth-order valence-corrected chi connectivity index (χ4v) is 2.40. The van der Waals surface area contributed by atoms with E-state index < -0.39 is 6.61 Å². The Bertz CT molecular complexity index is 619. The third kappa shape index (κ3) is 3.71. The molecule has 0 aliphatic heterocycles. The van der Waals surface area contributed by atoms with Crippen molar-refractivity contribution in [2.75, 3.05) is 7.05 Å². The van der Waals surface area contributed by atoms with E-state index in [1.54, 1.807) is 25.2 Å². The predicted octanol–water partition coefficient (Wildman–Crippen LogP) is 4.56. The Kier molecular flexibility index (Phi) is 5.15. The molecule has 2 aromatic carbocycles. The number of nitrogens with one attached hydrogen (secondary N) is 1.